The maximum Gasteiger partial charge on any atom is 0.416 e. The number of rotatable bonds is 7. The van der Waals surface area contributed by atoms with Gasteiger partial charge in [0, 0.05) is 30.8 Å². The monoisotopic (exact) mass is 619 g/mol. The van der Waals surface area contributed by atoms with Crippen LogP contribution in [0.25, 0.3) is 0 Å². The lowest BCUT2D eigenvalue weighted by Crippen LogP contribution is -2.50. The molecule has 10 nitrogen and oxygen atoms in total. The van der Waals surface area contributed by atoms with Crippen LogP contribution in [0.4, 0.5) is 13.2 Å². The molecule has 3 N–H and O–H groups in total. The van der Waals surface area contributed by atoms with Crippen molar-refractivity contribution in [3.63, 3.8) is 0 Å². The van der Waals surface area contributed by atoms with Gasteiger partial charge >= 0.3 is 6.18 Å². The Hall–Kier alpha value is -3.78. The molecule has 3 aliphatic heterocycles. The molecule has 0 saturated carbocycles. The van der Waals surface area contributed by atoms with Gasteiger partial charge in [-0.3, -0.25) is 19.4 Å². The van der Waals surface area contributed by atoms with Gasteiger partial charge in [-0.05, 0) is 74.4 Å². The third kappa shape index (κ3) is 6.16. The first-order valence-corrected chi connectivity index (χ1v) is 15.6. The van der Waals surface area contributed by atoms with Gasteiger partial charge in [0.25, 0.3) is 11.8 Å². The van der Waals surface area contributed by atoms with Gasteiger partial charge < -0.3 is 16.0 Å². The van der Waals surface area contributed by atoms with Gasteiger partial charge in [0.05, 0.1) is 11.3 Å². The van der Waals surface area contributed by atoms with Gasteiger partial charge in [-0.25, -0.2) is 12.7 Å². The number of hydrogen-bond donors (Lipinski definition) is 2. The molecule has 2 fully saturated rings. The van der Waals surface area contributed by atoms with Crippen molar-refractivity contribution < 1.29 is 36.0 Å². The predicted molar refractivity (Wildman–Crippen MR) is 152 cm³/mol. The molecular weight excluding hydrogens is 587 g/mol. The third-order valence-electron chi connectivity index (χ3n) is 8.45. The number of likely N-dealkylation sites (tertiary alicyclic amines) is 1. The Morgan fingerprint density at radius 2 is 1.84 bits per heavy atom. The van der Waals surface area contributed by atoms with Crippen LogP contribution in [0.2, 0.25) is 0 Å². The van der Waals surface area contributed by atoms with E-state index in [1.54, 1.807) is 25.1 Å². The number of carbonyl (C=O) groups is 3. The zero-order valence-corrected chi connectivity index (χ0v) is 24.3. The summed E-state index contributed by atoms with van der Waals surface area (Å²) in [6.07, 6.45) is -2.92. The van der Waals surface area contributed by atoms with Crippen LogP contribution < -0.4 is 11.1 Å². The quantitative estimate of drug-likeness (QED) is 0.490. The van der Waals surface area contributed by atoms with Crippen LogP contribution in [0.5, 0.6) is 0 Å². The molecule has 0 radical (unpaired) electrons. The Morgan fingerprint density at radius 3 is 2.49 bits per heavy atom. The molecule has 2 aromatic carbocycles. The topological polar surface area (TPSA) is 142 Å². The molecule has 43 heavy (non-hydrogen) atoms. The lowest BCUT2D eigenvalue weighted by molar-refractivity contribution is -0.137. The summed E-state index contributed by atoms with van der Waals surface area (Å²) in [7, 11) is -3.70. The van der Waals surface area contributed by atoms with Crippen LogP contribution in [0.1, 0.15) is 58.3 Å². The largest absolute Gasteiger partial charge is 0.416 e. The summed E-state index contributed by atoms with van der Waals surface area (Å²) in [5, 5.41) is 2.58. The van der Waals surface area contributed by atoms with Crippen LogP contribution in [0.3, 0.4) is 0 Å². The Kier molecular flexibility index (Phi) is 8.11. The summed E-state index contributed by atoms with van der Waals surface area (Å²) < 4.78 is 67.2. The molecule has 3 amide bonds. The number of hydrogen-bond acceptors (Lipinski definition) is 6. The number of piperidine rings is 1. The van der Waals surface area contributed by atoms with Crippen molar-refractivity contribution in [2.24, 2.45) is 10.7 Å². The van der Waals surface area contributed by atoms with E-state index in [9.17, 15) is 36.0 Å². The number of primary amides is 1. The van der Waals surface area contributed by atoms with Crippen molar-refractivity contribution in [2.75, 3.05) is 25.4 Å². The number of nitrogens with two attached hydrogens (primary N) is 1. The highest BCUT2D eigenvalue weighted by molar-refractivity contribution is 7.89. The summed E-state index contributed by atoms with van der Waals surface area (Å²) in [5.74, 6) is -1.43. The molecule has 1 atom stereocenters. The van der Waals surface area contributed by atoms with E-state index in [0.717, 1.165) is 23.3 Å². The maximum atomic E-state index is 13.2. The molecule has 3 aliphatic rings. The van der Waals surface area contributed by atoms with Gasteiger partial charge in [0.1, 0.15) is 17.4 Å². The summed E-state index contributed by atoms with van der Waals surface area (Å²) in [6, 6.07) is 8.92. The molecule has 14 heteroatoms. The molecule has 2 saturated heterocycles. The molecule has 5 rings (SSSR count). The van der Waals surface area contributed by atoms with Crippen LogP contribution >= 0.6 is 0 Å². The predicted octanol–water partition coefficient (Wildman–Crippen LogP) is 2.39. The molecule has 230 valence electrons. The first kappa shape index (κ1) is 30.7. The highest BCUT2D eigenvalue weighted by atomic mass is 32.2. The average molecular weight is 620 g/mol. The minimum atomic E-state index is -4.54. The van der Waals surface area contributed by atoms with Gasteiger partial charge in [-0.2, -0.15) is 13.2 Å². The lowest BCUT2D eigenvalue weighted by Gasteiger charge is -2.34. The smallest absolute Gasteiger partial charge is 0.368 e. The van der Waals surface area contributed by atoms with Crippen molar-refractivity contribution in [2.45, 2.75) is 56.8 Å². The van der Waals surface area contributed by atoms with E-state index < -0.39 is 45.2 Å². The second kappa shape index (κ2) is 11.4. The van der Waals surface area contributed by atoms with E-state index in [4.69, 9.17) is 5.73 Å². The van der Waals surface area contributed by atoms with E-state index >= 15 is 0 Å². The second-order valence-corrected chi connectivity index (χ2v) is 13.3. The zero-order valence-electron chi connectivity index (χ0n) is 23.5. The first-order chi connectivity index (χ1) is 20.2. The zero-order chi connectivity index (χ0) is 31.2. The second-order valence-electron chi connectivity index (χ2n) is 11.2. The number of halogens is 3. The van der Waals surface area contributed by atoms with Gasteiger partial charge in [0.15, 0.2) is 0 Å². The molecule has 1 spiro atoms. The molecule has 2 aromatic rings. The normalized spacial score (nSPS) is 20.7. The number of aryl methyl sites for hydroxylation is 2. The maximum absolute atomic E-state index is 13.2. The number of alkyl halides is 3. The van der Waals surface area contributed by atoms with Crippen molar-refractivity contribution >= 4 is 33.6 Å². The van der Waals surface area contributed by atoms with E-state index in [1.165, 1.54) is 21.3 Å². The molecular formula is C29H32F3N5O5S. The Bertz CT molecular complexity index is 1600. The first-order valence-electron chi connectivity index (χ1n) is 14.0. The van der Waals surface area contributed by atoms with E-state index in [-0.39, 0.29) is 55.4 Å². The highest BCUT2D eigenvalue weighted by Gasteiger charge is 2.47. The number of nitrogens with zero attached hydrogens (tertiary/aromatic N) is 3. The van der Waals surface area contributed by atoms with Crippen molar-refractivity contribution in [3.05, 3.63) is 70.3 Å². The summed E-state index contributed by atoms with van der Waals surface area (Å²) in [4.78, 5) is 43.4. The summed E-state index contributed by atoms with van der Waals surface area (Å²) >= 11 is 0. The fraction of sp³-hybridized carbons (Fsp3) is 0.448. The number of carbonyl (C=O) groups excluding carboxylic acids is 3. The highest BCUT2D eigenvalue weighted by Crippen LogP contribution is 2.34. The fourth-order valence-corrected chi connectivity index (χ4v) is 7.39. The Balaban J connectivity index is 1.21. The van der Waals surface area contributed by atoms with Gasteiger partial charge in [0.2, 0.25) is 15.9 Å². The Morgan fingerprint density at radius 1 is 1.12 bits per heavy atom. The lowest BCUT2D eigenvalue weighted by atomic mass is 9.89. The minimum absolute atomic E-state index is 0.0401. The molecule has 0 aromatic heterocycles. The number of amidine groups is 1. The van der Waals surface area contributed by atoms with Crippen LogP contribution in [0.15, 0.2) is 47.5 Å². The van der Waals surface area contributed by atoms with Crippen molar-refractivity contribution in [3.8, 4) is 0 Å². The van der Waals surface area contributed by atoms with E-state index in [2.05, 4.69) is 10.3 Å². The average Bonchev–Trinajstić information content (AvgIpc) is 3.57. The molecule has 0 aliphatic carbocycles. The van der Waals surface area contributed by atoms with Crippen molar-refractivity contribution in [1.82, 2.24) is 14.5 Å². The fourth-order valence-electron chi connectivity index (χ4n) is 5.92. The standard InChI is InChI=1S/C29H32F3N5O5S/c1-18-16-21(26(39)37-12-3-6-23(37)24(33)38)8-7-19(18)9-15-43(41,42)36-13-10-28(11-14-36)27(40)34-25(35-28)20-4-2-5-22(17-20)29(30,31)32/h2,4-5,7-8,16-17,23H,3,6,9-15H2,1H3,(H2,33,38)(H,34,35,40)/t23-/m1/s1. The van der Waals surface area contributed by atoms with Crippen molar-refractivity contribution in [1.29, 1.82) is 0 Å². The van der Waals surface area contributed by atoms with Gasteiger partial charge in [-0.1, -0.05) is 18.2 Å². The third-order valence-corrected chi connectivity index (χ3v) is 10.3. The van der Waals surface area contributed by atoms with Crippen LogP contribution in [-0.2, 0) is 32.2 Å². The molecule has 0 bridgehead atoms. The number of aliphatic imine (C=N–C) groups is 1. The number of amides is 3. The SMILES string of the molecule is Cc1cc(C(=O)N2CCC[C@@H]2C(N)=O)ccc1CCS(=O)(=O)N1CCC2(CC1)N=C(c1cccc(C(F)(F)F)c1)NC2=O. The molecule has 3 heterocycles. The van der Waals surface area contributed by atoms with E-state index in [1.807, 2.05) is 0 Å². The molecule has 0 unspecified atom stereocenters. The Labute approximate surface area is 247 Å². The minimum Gasteiger partial charge on any atom is -0.368 e. The van der Waals surface area contributed by atoms with E-state index in [0.29, 0.717) is 24.9 Å². The number of sulfonamides is 1. The number of benzene rings is 2. The van der Waals surface area contributed by atoms with Crippen LogP contribution in [0, 0.1) is 6.92 Å². The van der Waals surface area contributed by atoms with Crippen LogP contribution in [-0.4, -0.2) is 78.1 Å². The number of nitrogens with one attached hydrogen (secondary N) is 1. The summed E-state index contributed by atoms with van der Waals surface area (Å²) in [6.45, 7) is 2.32. The summed E-state index contributed by atoms with van der Waals surface area (Å²) in [5.41, 5.74) is 5.37. The van der Waals surface area contributed by atoms with Gasteiger partial charge in [-0.15, -0.1) is 0 Å².